The Kier molecular flexibility index (Phi) is 8.22. The number of hydrogen-bond donors (Lipinski definition) is 2. The van der Waals surface area contributed by atoms with Crippen LogP contribution < -0.4 is 10.6 Å². The number of carbonyl (C=O) groups is 1. The zero-order valence-electron chi connectivity index (χ0n) is 20.1. The molecular weight excluding hydrogens is 424 g/mol. The number of aromatic nitrogens is 2. The quantitative estimate of drug-likeness (QED) is 0.506. The van der Waals surface area contributed by atoms with E-state index in [1.807, 2.05) is 30.3 Å². The molecule has 0 bridgehead atoms. The van der Waals surface area contributed by atoms with Crippen molar-refractivity contribution in [3.8, 4) is 11.3 Å². The molecule has 0 unspecified atom stereocenters. The number of nitrogens with one attached hydrogen (secondary N) is 2. The third-order valence-corrected chi connectivity index (χ3v) is 6.15. The fourth-order valence-corrected chi connectivity index (χ4v) is 4.14. The molecule has 34 heavy (non-hydrogen) atoms. The van der Waals surface area contributed by atoms with Gasteiger partial charge in [-0.05, 0) is 44.2 Å². The number of hydrogen-bond acceptors (Lipinski definition) is 6. The van der Waals surface area contributed by atoms with Crippen LogP contribution in [0, 0.1) is 6.92 Å². The maximum absolute atomic E-state index is 12.5. The topological polar surface area (TPSA) is 73.4 Å². The molecule has 0 radical (unpaired) electrons. The van der Waals surface area contributed by atoms with Gasteiger partial charge in [-0.15, -0.1) is 0 Å². The number of rotatable bonds is 9. The molecular formula is C27H34N6O. The SMILES string of the molecule is CCCN1CCN(CCNC(=O)c2ccc(Nc3cc(-c4ccc(C)cc4)ncn3)cc2)CC1. The second-order valence-corrected chi connectivity index (χ2v) is 8.80. The lowest BCUT2D eigenvalue weighted by molar-refractivity contribution is 0.0936. The molecule has 7 heteroatoms. The Labute approximate surface area is 202 Å². The van der Waals surface area contributed by atoms with Crippen molar-refractivity contribution in [3.63, 3.8) is 0 Å². The van der Waals surface area contributed by atoms with Gasteiger partial charge in [-0.25, -0.2) is 9.97 Å². The molecule has 0 aliphatic carbocycles. The fraction of sp³-hybridized carbons (Fsp3) is 0.370. The van der Waals surface area contributed by atoms with E-state index in [0.717, 1.165) is 49.7 Å². The Morgan fingerprint density at radius 1 is 0.912 bits per heavy atom. The van der Waals surface area contributed by atoms with Crippen LogP contribution in [-0.2, 0) is 0 Å². The van der Waals surface area contributed by atoms with E-state index in [1.54, 1.807) is 6.33 Å². The van der Waals surface area contributed by atoms with Crippen molar-refractivity contribution in [3.05, 3.63) is 72.1 Å². The van der Waals surface area contributed by atoms with Crippen LogP contribution in [-0.4, -0.2) is 71.5 Å². The van der Waals surface area contributed by atoms with Gasteiger partial charge in [-0.2, -0.15) is 0 Å². The maximum Gasteiger partial charge on any atom is 0.251 e. The Hall–Kier alpha value is -3.29. The van der Waals surface area contributed by atoms with Gasteiger partial charge in [-0.3, -0.25) is 9.69 Å². The van der Waals surface area contributed by atoms with Crippen LogP contribution >= 0.6 is 0 Å². The smallest absolute Gasteiger partial charge is 0.251 e. The average molecular weight is 459 g/mol. The van der Waals surface area contributed by atoms with Crippen molar-refractivity contribution in [2.24, 2.45) is 0 Å². The van der Waals surface area contributed by atoms with Gasteiger partial charge in [0, 0.05) is 62.1 Å². The molecule has 3 aromatic rings. The van der Waals surface area contributed by atoms with E-state index in [2.05, 4.69) is 68.5 Å². The molecule has 2 N–H and O–H groups in total. The van der Waals surface area contributed by atoms with Crippen LogP contribution in [0.1, 0.15) is 29.3 Å². The summed E-state index contributed by atoms with van der Waals surface area (Å²) in [5, 5.41) is 6.34. The molecule has 1 fully saturated rings. The molecule has 1 aliphatic rings. The molecule has 0 saturated carbocycles. The van der Waals surface area contributed by atoms with E-state index >= 15 is 0 Å². The average Bonchev–Trinajstić information content (AvgIpc) is 2.86. The summed E-state index contributed by atoms with van der Waals surface area (Å²) < 4.78 is 0. The van der Waals surface area contributed by atoms with Crippen molar-refractivity contribution in [1.82, 2.24) is 25.1 Å². The standard InChI is InChI=1S/C27H34N6O/c1-3-13-32-15-17-33(18-16-32)14-12-28-27(34)23-8-10-24(11-9-23)31-26-19-25(29-20-30-26)22-6-4-21(2)5-7-22/h4-11,19-20H,3,12-18H2,1-2H3,(H,28,34)(H,29,30,31). The molecule has 0 spiro atoms. The first-order chi connectivity index (χ1) is 16.6. The number of benzene rings is 2. The third kappa shape index (κ3) is 6.62. The summed E-state index contributed by atoms with van der Waals surface area (Å²) in [5.74, 6) is 0.668. The van der Waals surface area contributed by atoms with Gasteiger partial charge in [0.15, 0.2) is 0 Å². The van der Waals surface area contributed by atoms with Crippen molar-refractivity contribution in [2.45, 2.75) is 20.3 Å². The molecule has 1 aromatic heterocycles. The Morgan fingerprint density at radius 2 is 1.59 bits per heavy atom. The first-order valence-electron chi connectivity index (χ1n) is 12.1. The van der Waals surface area contributed by atoms with Crippen molar-refractivity contribution < 1.29 is 4.79 Å². The van der Waals surface area contributed by atoms with Crippen LogP contribution in [0.15, 0.2) is 60.9 Å². The minimum absolute atomic E-state index is 0.0418. The van der Waals surface area contributed by atoms with E-state index in [0.29, 0.717) is 17.9 Å². The number of anilines is 2. The molecule has 178 valence electrons. The van der Waals surface area contributed by atoms with Crippen molar-refractivity contribution >= 4 is 17.4 Å². The summed E-state index contributed by atoms with van der Waals surface area (Å²) in [5.41, 5.74) is 4.65. The van der Waals surface area contributed by atoms with Gasteiger partial charge in [0.1, 0.15) is 12.1 Å². The highest BCUT2D eigenvalue weighted by Crippen LogP contribution is 2.21. The Bertz CT molecular complexity index is 1060. The molecule has 1 aliphatic heterocycles. The Balaban J connectivity index is 1.26. The van der Waals surface area contributed by atoms with Crippen LogP contribution in [0.4, 0.5) is 11.5 Å². The maximum atomic E-state index is 12.5. The third-order valence-electron chi connectivity index (χ3n) is 6.15. The van der Waals surface area contributed by atoms with Crippen molar-refractivity contribution in [1.29, 1.82) is 0 Å². The predicted molar refractivity (Wildman–Crippen MR) is 137 cm³/mol. The highest BCUT2D eigenvalue weighted by atomic mass is 16.1. The molecule has 2 heterocycles. The Morgan fingerprint density at radius 3 is 2.26 bits per heavy atom. The fourth-order valence-electron chi connectivity index (χ4n) is 4.14. The summed E-state index contributed by atoms with van der Waals surface area (Å²) in [4.78, 5) is 26.2. The monoisotopic (exact) mass is 458 g/mol. The first kappa shape index (κ1) is 23.9. The summed E-state index contributed by atoms with van der Waals surface area (Å²) in [6, 6.07) is 17.6. The molecule has 7 nitrogen and oxygen atoms in total. The van der Waals surface area contributed by atoms with Crippen LogP contribution in [0.3, 0.4) is 0 Å². The second kappa shape index (κ2) is 11.7. The molecule has 1 saturated heterocycles. The summed E-state index contributed by atoms with van der Waals surface area (Å²) in [7, 11) is 0. The lowest BCUT2D eigenvalue weighted by Gasteiger charge is -2.34. The lowest BCUT2D eigenvalue weighted by atomic mass is 10.1. The number of aryl methyl sites for hydroxylation is 1. The highest BCUT2D eigenvalue weighted by Gasteiger charge is 2.16. The first-order valence-corrected chi connectivity index (χ1v) is 12.1. The molecule has 4 rings (SSSR count). The van der Waals surface area contributed by atoms with Crippen LogP contribution in [0.2, 0.25) is 0 Å². The van der Waals surface area contributed by atoms with Crippen LogP contribution in [0.5, 0.6) is 0 Å². The van der Waals surface area contributed by atoms with Gasteiger partial charge >= 0.3 is 0 Å². The van der Waals surface area contributed by atoms with Gasteiger partial charge in [-0.1, -0.05) is 36.8 Å². The van der Waals surface area contributed by atoms with E-state index in [-0.39, 0.29) is 5.91 Å². The minimum atomic E-state index is -0.0418. The normalized spacial score (nSPS) is 14.6. The van der Waals surface area contributed by atoms with Crippen LogP contribution in [0.25, 0.3) is 11.3 Å². The van der Waals surface area contributed by atoms with E-state index in [1.165, 1.54) is 18.5 Å². The number of nitrogens with zero attached hydrogens (tertiary/aromatic N) is 4. The zero-order chi connectivity index (χ0) is 23.8. The summed E-state index contributed by atoms with van der Waals surface area (Å²) in [6.07, 6.45) is 2.76. The van der Waals surface area contributed by atoms with E-state index in [9.17, 15) is 4.79 Å². The molecule has 2 aromatic carbocycles. The molecule has 1 amide bonds. The van der Waals surface area contributed by atoms with Gasteiger partial charge < -0.3 is 15.5 Å². The van der Waals surface area contributed by atoms with E-state index in [4.69, 9.17) is 0 Å². The van der Waals surface area contributed by atoms with E-state index < -0.39 is 0 Å². The number of piperazine rings is 1. The number of carbonyl (C=O) groups excluding carboxylic acids is 1. The van der Waals surface area contributed by atoms with Crippen molar-refractivity contribution in [2.75, 3.05) is 51.1 Å². The van der Waals surface area contributed by atoms with Gasteiger partial charge in [0.25, 0.3) is 5.91 Å². The largest absolute Gasteiger partial charge is 0.351 e. The lowest BCUT2D eigenvalue weighted by Crippen LogP contribution is -2.48. The minimum Gasteiger partial charge on any atom is -0.351 e. The molecule has 0 atom stereocenters. The van der Waals surface area contributed by atoms with Gasteiger partial charge in [0.2, 0.25) is 0 Å². The zero-order valence-corrected chi connectivity index (χ0v) is 20.1. The number of amides is 1. The predicted octanol–water partition coefficient (Wildman–Crippen LogP) is 3.95. The summed E-state index contributed by atoms with van der Waals surface area (Å²) >= 11 is 0. The highest BCUT2D eigenvalue weighted by molar-refractivity contribution is 5.94. The summed E-state index contributed by atoms with van der Waals surface area (Å²) in [6.45, 7) is 11.4. The van der Waals surface area contributed by atoms with Gasteiger partial charge in [0.05, 0.1) is 5.69 Å². The second-order valence-electron chi connectivity index (χ2n) is 8.80.